The van der Waals surface area contributed by atoms with Gasteiger partial charge in [0.25, 0.3) is 5.78 Å². The Hall–Kier alpha value is -3.22. The number of nitrogens with two attached hydrogens (primary N) is 1. The van der Waals surface area contributed by atoms with Crippen LogP contribution in [0.2, 0.25) is 0 Å². The van der Waals surface area contributed by atoms with E-state index in [9.17, 15) is 4.39 Å². The summed E-state index contributed by atoms with van der Waals surface area (Å²) in [6.45, 7) is 0. The Morgan fingerprint density at radius 3 is 2.74 bits per heavy atom. The molecule has 4 rings (SSSR count). The molecule has 0 radical (unpaired) electrons. The van der Waals surface area contributed by atoms with Crippen LogP contribution in [0.5, 0.6) is 0 Å². The normalized spacial score (nSPS) is 11.2. The number of anilines is 3. The van der Waals surface area contributed by atoms with Gasteiger partial charge in [0.1, 0.15) is 18.0 Å². The van der Waals surface area contributed by atoms with Crippen LogP contribution in [0.15, 0.2) is 48.8 Å². The van der Waals surface area contributed by atoms with Crippen LogP contribution in [0, 0.1) is 5.82 Å². The summed E-state index contributed by atoms with van der Waals surface area (Å²) in [7, 11) is 1.87. The predicted octanol–water partition coefficient (Wildman–Crippen LogP) is 2.77. The molecule has 0 spiro atoms. The molecule has 2 heterocycles. The van der Waals surface area contributed by atoms with Crippen LogP contribution >= 0.6 is 0 Å². The van der Waals surface area contributed by atoms with Gasteiger partial charge >= 0.3 is 0 Å². The second kappa shape index (κ2) is 4.91. The second-order valence-electron chi connectivity index (χ2n) is 5.22. The average molecular weight is 308 g/mol. The molecule has 114 valence electrons. The molecule has 0 bridgehead atoms. The fourth-order valence-electron chi connectivity index (χ4n) is 2.62. The fourth-order valence-corrected chi connectivity index (χ4v) is 2.62. The number of halogens is 1. The highest BCUT2D eigenvalue weighted by Gasteiger charge is 2.16. The first kappa shape index (κ1) is 13.4. The first-order valence-electron chi connectivity index (χ1n) is 7.02. The third-order valence-corrected chi connectivity index (χ3v) is 3.81. The van der Waals surface area contributed by atoms with Crippen LogP contribution in [0.3, 0.4) is 0 Å². The van der Waals surface area contributed by atoms with E-state index in [4.69, 9.17) is 5.73 Å². The lowest BCUT2D eigenvalue weighted by Gasteiger charge is -2.20. The van der Waals surface area contributed by atoms with Gasteiger partial charge in [0.05, 0.1) is 11.2 Å². The number of para-hydroxylation sites is 1. The van der Waals surface area contributed by atoms with Crippen molar-refractivity contribution in [3.8, 4) is 0 Å². The van der Waals surface area contributed by atoms with E-state index in [0.717, 1.165) is 5.69 Å². The summed E-state index contributed by atoms with van der Waals surface area (Å²) in [5.74, 6) is 0.543. The molecule has 4 aromatic rings. The summed E-state index contributed by atoms with van der Waals surface area (Å²) < 4.78 is 15.7. The van der Waals surface area contributed by atoms with Crippen LogP contribution in [0.25, 0.3) is 16.7 Å². The van der Waals surface area contributed by atoms with E-state index in [-0.39, 0.29) is 5.69 Å². The van der Waals surface area contributed by atoms with E-state index in [1.807, 2.05) is 42.3 Å². The van der Waals surface area contributed by atoms with Crippen LogP contribution < -0.4 is 10.6 Å². The van der Waals surface area contributed by atoms with Crippen molar-refractivity contribution >= 4 is 33.9 Å². The summed E-state index contributed by atoms with van der Waals surface area (Å²) in [6.07, 6.45) is 1.54. The number of nitrogens with zero attached hydrogens (tertiary/aromatic N) is 5. The first-order chi connectivity index (χ1) is 11.1. The molecule has 0 atom stereocenters. The van der Waals surface area contributed by atoms with E-state index in [0.29, 0.717) is 22.5 Å². The lowest BCUT2D eigenvalue weighted by molar-refractivity contribution is 0.634. The number of rotatable bonds is 2. The number of hydrogen-bond acceptors (Lipinski definition) is 5. The highest BCUT2D eigenvalue weighted by Crippen LogP contribution is 2.31. The zero-order valence-electron chi connectivity index (χ0n) is 12.3. The predicted molar refractivity (Wildman–Crippen MR) is 87.2 cm³/mol. The minimum absolute atomic E-state index is 0.0759. The van der Waals surface area contributed by atoms with Crippen molar-refractivity contribution in [2.24, 2.45) is 0 Å². The summed E-state index contributed by atoms with van der Waals surface area (Å²) in [4.78, 5) is 6.40. The second-order valence-corrected chi connectivity index (χ2v) is 5.22. The van der Waals surface area contributed by atoms with Gasteiger partial charge in [-0.05, 0) is 24.3 Å². The number of aromatic nitrogens is 4. The van der Waals surface area contributed by atoms with Crippen molar-refractivity contribution in [3.05, 3.63) is 54.6 Å². The van der Waals surface area contributed by atoms with Crippen LogP contribution in [-0.2, 0) is 0 Å². The van der Waals surface area contributed by atoms with E-state index >= 15 is 0 Å². The summed E-state index contributed by atoms with van der Waals surface area (Å²) in [6, 6.07) is 12.7. The third kappa shape index (κ3) is 2.05. The molecular weight excluding hydrogens is 295 g/mol. The number of fused-ring (bicyclic) bond motifs is 3. The maximum atomic E-state index is 14.0. The Morgan fingerprint density at radius 1 is 1.17 bits per heavy atom. The molecule has 0 aliphatic carbocycles. The van der Waals surface area contributed by atoms with Gasteiger partial charge < -0.3 is 10.6 Å². The average Bonchev–Trinajstić information content (AvgIpc) is 3.04. The minimum Gasteiger partial charge on any atom is -0.396 e. The molecule has 2 aromatic heterocycles. The monoisotopic (exact) mass is 308 g/mol. The molecule has 0 fully saturated rings. The van der Waals surface area contributed by atoms with Gasteiger partial charge in [0.2, 0.25) is 0 Å². The fraction of sp³-hybridized carbons (Fsp3) is 0.0625. The quantitative estimate of drug-likeness (QED) is 0.576. The Kier molecular flexibility index (Phi) is 2.87. The van der Waals surface area contributed by atoms with Crippen molar-refractivity contribution in [3.63, 3.8) is 0 Å². The van der Waals surface area contributed by atoms with E-state index in [1.165, 1.54) is 12.4 Å². The molecule has 2 N–H and O–H groups in total. The Bertz CT molecular complexity index is 1010. The summed E-state index contributed by atoms with van der Waals surface area (Å²) >= 11 is 0. The van der Waals surface area contributed by atoms with Gasteiger partial charge in [-0.3, -0.25) is 4.40 Å². The third-order valence-electron chi connectivity index (χ3n) is 3.81. The molecular formula is C16H13FN6. The van der Waals surface area contributed by atoms with Crippen molar-refractivity contribution in [1.82, 2.24) is 19.6 Å². The van der Waals surface area contributed by atoms with Crippen molar-refractivity contribution in [2.75, 3.05) is 17.7 Å². The van der Waals surface area contributed by atoms with Crippen molar-refractivity contribution < 1.29 is 4.39 Å². The van der Waals surface area contributed by atoms with Gasteiger partial charge in [0.15, 0.2) is 0 Å². The topological polar surface area (TPSA) is 72.3 Å². The standard InChI is InChI=1S/C16H13FN6/c1-22(10-5-3-2-4-6-10)15-11-7-12(17)13(18)8-14(11)23-9-19-21-16(23)20-15/h2-9H,18H2,1H3. The molecule has 2 aromatic carbocycles. The highest BCUT2D eigenvalue weighted by molar-refractivity contribution is 5.95. The first-order valence-corrected chi connectivity index (χ1v) is 7.02. The molecule has 0 saturated carbocycles. The summed E-state index contributed by atoms with van der Waals surface area (Å²) in [5, 5.41) is 8.51. The number of benzene rings is 2. The zero-order valence-corrected chi connectivity index (χ0v) is 12.3. The van der Waals surface area contributed by atoms with Crippen molar-refractivity contribution in [1.29, 1.82) is 0 Å². The molecule has 23 heavy (non-hydrogen) atoms. The smallest absolute Gasteiger partial charge is 0.257 e. The van der Waals surface area contributed by atoms with Gasteiger partial charge in [-0.2, -0.15) is 4.98 Å². The molecule has 0 unspecified atom stereocenters. The molecule has 0 amide bonds. The molecule has 0 aliphatic heterocycles. The SMILES string of the molecule is CN(c1ccccc1)c1nc2nncn2c2cc(N)c(F)cc12. The van der Waals surface area contributed by atoms with Gasteiger partial charge in [-0.1, -0.05) is 18.2 Å². The van der Waals surface area contributed by atoms with Crippen molar-refractivity contribution in [2.45, 2.75) is 0 Å². The van der Waals surface area contributed by atoms with Crippen LogP contribution in [0.1, 0.15) is 0 Å². The maximum Gasteiger partial charge on any atom is 0.257 e. The lowest BCUT2D eigenvalue weighted by Crippen LogP contribution is -2.13. The Labute approximate surface area is 131 Å². The van der Waals surface area contributed by atoms with Gasteiger partial charge in [-0.15, -0.1) is 10.2 Å². The Morgan fingerprint density at radius 2 is 1.96 bits per heavy atom. The maximum absolute atomic E-state index is 14.0. The van der Waals surface area contributed by atoms with Gasteiger partial charge in [-0.25, -0.2) is 4.39 Å². The largest absolute Gasteiger partial charge is 0.396 e. The summed E-state index contributed by atoms with van der Waals surface area (Å²) in [5.41, 5.74) is 7.43. The Balaban J connectivity index is 2.06. The molecule has 7 heteroatoms. The van der Waals surface area contributed by atoms with Crippen LogP contribution in [-0.4, -0.2) is 26.6 Å². The number of nitrogen functional groups attached to an aromatic ring is 1. The van der Waals surface area contributed by atoms with E-state index < -0.39 is 5.82 Å². The zero-order chi connectivity index (χ0) is 16.0. The minimum atomic E-state index is -0.477. The lowest BCUT2D eigenvalue weighted by atomic mass is 10.2. The number of hydrogen-bond donors (Lipinski definition) is 1. The van der Waals surface area contributed by atoms with Crippen LogP contribution in [0.4, 0.5) is 21.6 Å². The van der Waals surface area contributed by atoms with E-state index in [1.54, 1.807) is 10.5 Å². The molecule has 0 aliphatic rings. The van der Waals surface area contributed by atoms with Gasteiger partial charge in [0, 0.05) is 18.1 Å². The molecule has 0 saturated heterocycles. The highest BCUT2D eigenvalue weighted by atomic mass is 19.1. The van der Waals surface area contributed by atoms with E-state index in [2.05, 4.69) is 15.2 Å². The molecule has 6 nitrogen and oxygen atoms in total.